The lowest BCUT2D eigenvalue weighted by Gasteiger charge is -2.46. The van der Waals surface area contributed by atoms with Crippen LogP contribution in [0.4, 0.5) is 48.3 Å². The van der Waals surface area contributed by atoms with E-state index in [2.05, 4.69) is 4.74 Å². The van der Waals surface area contributed by atoms with E-state index in [1.165, 1.54) is 41.5 Å². The molecule has 0 bridgehead atoms. The fraction of sp³-hybridized carbons (Fsp3) is 0.944. The molecule has 0 saturated carbocycles. The Kier molecular flexibility index (Phi) is 7.81. The zero-order valence-corrected chi connectivity index (χ0v) is 18.2. The number of halogens is 11. The van der Waals surface area contributed by atoms with Crippen LogP contribution in [0.2, 0.25) is 0 Å². The summed E-state index contributed by atoms with van der Waals surface area (Å²) in [5.41, 5.74) is -11.4. The number of rotatable bonds is 5. The van der Waals surface area contributed by atoms with E-state index < -0.39 is 58.4 Å². The Morgan fingerprint density at radius 3 is 1.31 bits per heavy atom. The van der Waals surface area contributed by atoms with E-state index in [1.807, 2.05) is 0 Å². The van der Waals surface area contributed by atoms with Crippen LogP contribution in [0.25, 0.3) is 0 Å². The van der Waals surface area contributed by atoms with Crippen molar-refractivity contribution >= 4 is 5.97 Å². The minimum Gasteiger partial charge on any atom is -0.446 e. The number of aliphatic hydroxyl groups is 1. The molecule has 2 atom stereocenters. The second-order valence-corrected chi connectivity index (χ2v) is 9.98. The van der Waals surface area contributed by atoms with Gasteiger partial charge in [0.05, 0.1) is 5.41 Å². The van der Waals surface area contributed by atoms with Crippen LogP contribution in [-0.4, -0.2) is 47.2 Å². The quantitative estimate of drug-likeness (QED) is 0.351. The Labute approximate surface area is 177 Å². The van der Waals surface area contributed by atoms with Gasteiger partial charge in [0.25, 0.3) is 6.10 Å². The second kappa shape index (κ2) is 8.15. The van der Waals surface area contributed by atoms with Crippen molar-refractivity contribution in [2.45, 2.75) is 91.0 Å². The van der Waals surface area contributed by atoms with E-state index in [4.69, 9.17) is 5.11 Å². The van der Waals surface area contributed by atoms with Crippen molar-refractivity contribution in [3.05, 3.63) is 0 Å². The average molecular weight is 498 g/mol. The summed E-state index contributed by atoms with van der Waals surface area (Å²) in [6, 6.07) is 0. The lowest BCUT2D eigenvalue weighted by Crippen LogP contribution is -2.73. The van der Waals surface area contributed by atoms with Crippen LogP contribution in [0.5, 0.6) is 0 Å². The van der Waals surface area contributed by atoms with Gasteiger partial charge in [0, 0.05) is 0 Å². The van der Waals surface area contributed by atoms with Gasteiger partial charge in [-0.25, -0.2) is 0 Å². The molecule has 3 nitrogen and oxygen atoms in total. The Bertz CT molecular complexity index is 665. The monoisotopic (exact) mass is 498 g/mol. The normalized spacial score (nSPS) is 18.2. The third-order valence-corrected chi connectivity index (χ3v) is 5.14. The van der Waals surface area contributed by atoms with Gasteiger partial charge >= 0.3 is 36.0 Å². The van der Waals surface area contributed by atoms with Crippen molar-refractivity contribution in [3.63, 3.8) is 0 Å². The Morgan fingerprint density at radius 1 is 0.750 bits per heavy atom. The molecule has 2 unspecified atom stereocenters. The molecular weight excluding hydrogens is 473 g/mol. The van der Waals surface area contributed by atoms with Crippen LogP contribution < -0.4 is 0 Å². The van der Waals surface area contributed by atoms with Crippen molar-refractivity contribution in [1.29, 1.82) is 0 Å². The van der Waals surface area contributed by atoms with Gasteiger partial charge in [-0.1, -0.05) is 41.5 Å². The molecule has 0 radical (unpaired) electrons. The zero-order chi connectivity index (χ0) is 26.6. The molecule has 0 aromatic carbocycles. The van der Waals surface area contributed by atoms with Gasteiger partial charge in [-0.15, -0.1) is 0 Å². The maximum atomic E-state index is 14.3. The summed E-state index contributed by atoms with van der Waals surface area (Å²) in [6.45, 7) is 9.39. The number of alkyl halides is 11. The third kappa shape index (κ3) is 5.58. The van der Waals surface area contributed by atoms with Gasteiger partial charge in [-0.2, -0.15) is 48.3 Å². The molecule has 32 heavy (non-hydrogen) atoms. The summed E-state index contributed by atoms with van der Waals surface area (Å²) in [5, 5.41) is 8.92. The molecule has 14 heteroatoms. The summed E-state index contributed by atoms with van der Waals surface area (Å²) in [4.78, 5) is 12.6. The van der Waals surface area contributed by atoms with E-state index >= 15 is 0 Å². The minimum atomic E-state index is -7.30. The maximum absolute atomic E-state index is 14.3. The standard InChI is InChI=1S/C18H25F11O3/c1-11(2,3)8-13(7,12(4,5)6)10(30)32-9(15(21,22)23)14(19,20)16(31,17(24,25)26)18(27,28)29/h9,31H,8H2,1-7H3. The molecule has 1 N–H and O–H groups in total. The minimum absolute atomic E-state index is 0.332. The molecule has 0 spiro atoms. The van der Waals surface area contributed by atoms with Crippen molar-refractivity contribution in [3.8, 4) is 0 Å². The SMILES string of the molecule is CC(C)(C)CC(C)(C(=O)OC(C(F)(F)F)C(F)(F)C(O)(C(F)(F)F)C(F)(F)F)C(C)(C)C. The first kappa shape index (κ1) is 30.7. The molecule has 0 aliphatic rings. The van der Waals surface area contributed by atoms with E-state index in [0.29, 0.717) is 0 Å². The molecule has 0 fully saturated rings. The molecular formula is C18H25F11O3. The molecule has 0 heterocycles. The summed E-state index contributed by atoms with van der Waals surface area (Å²) in [7, 11) is 0. The number of hydrogen-bond acceptors (Lipinski definition) is 3. The van der Waals surface area contributed by atoms with Crippen molar-refractivity contribution in [2.75, 3.05) is 0 Å². The van der Waals surface area contributed by atoms with Crippen LogP contribution in [0, 0.1) is 16.2 Å². The fourth-order valence-electron chi connectivity index (χ4n) is 3.02. The smallest absolute Gasteiger partial charge is 0.432 e. The number of esters is 1. The number of ether oxygens (including phenoxy) is 1. The fourth-order valence-corrected chi connectivity index (χ4v) is 3.02. The Hall–Kier alpha value is -1.34. The highest BCUT2D eigenvalue weighted by molar-refractivity contribution is 5.77. The van der Waals surface area contributed by atoms with Crippen LogP contribution >= 0.6 is 0 Å². The first-order valence-electron chi connectivity index (χ1n) is 8.98. The summed E-state index contributed by atoms with van der Waals surface area (Å²) >= 11 is 0. The third-order valence-electron chi connectivity index (χ3n) is 5.14. The predicted molar refractivity (Wildman–Crippen MR) is 89.6 cm³/mol. The largest absolute Gasteiger partial charge is 0.446 e. The van der Waals surface area contributed by atoms with Crippen LogP contribution in [-0.2, 0) is 9.53 Å². The first-order valence-corrected chi connectivity index (χ1v) is 8.98. The van der Waals surface area contributed by atoms with Crippen molar-refractivity contribution in [2.24, 2.45) is 16.2 Å². The number of carbonyl (C=O) groups excluding carboxylic acids is 1. The van der Waals surface area contributed by atoms with Gasteiger partial charge in [0.15, 0.2) is 0 Å². The molecule has 0 aromatic rings. The molecule has 192 valence electrons. The van der Waals surface area contributed by atoms with Crippen molar-refractivity contribution in [1.82, 2.24) is 0 Å². The molecule has 0 aliphatic heterocycles. The van der Waals surface area contributed by atoms with Crippen LogP contribution in [0.15, 0.2) is 0 Å². The lowest BCUT2D eigenvalue weighted by molar-refractivity contribution is -0.445. The number of carbonyl (C=O) groups is 1. The zero-order valence-electron chi connectivity index (χ0n) is 18.2. The first-order chi connectivity index (χ1) is 13.5. The van der Waals surface area contributed by atoms with Crippen molar-refractivity contribution < 1.29 is 62.9 Å². The summed E-state index contributed by atoms with van der Waals surface area (Å²) in [6.07, 6.45) is -26.8. The Morgan fingerprint density at radius 2 is 1.09 bits per heavy atom. The lowest BCUT2D eigenvalue weighted by atomic mass is 9.61. The van der Waals surface area contributed by atoms with Gasteiger partial charge < -0.3 is 9.84 Å². The maximum Gasteiger partial charge on any atom is 0.432 e. The molecule has 0 amide bonds. The molecule has 0 saturated heterocycles. The van der Waals surface area contributed by atoms with Gasteiger partial charge in [-0.05, 0) is 24.2 Å². The van der Waals surface area contributed by atoms with E-state index in [9.17, 15) is 53.1 Å². The highest BCUT2D eigenvalue weighted by atomic mass is 19.4. The molecule has 0 aliphatic carbocycles. The van der Waals surface area contributed by atoms with E-state index in [1.54, 1.807) is 0 Å². The van der Waals surface area contributed by atoms with Crippen LogP contribution in [0.3, 0.4) is 0 Å². The molecule has 0 aromatic heterocycles. The van der Waals surface area contributed by atoms with Crippen LogP contribution in [0.1, 0.15) is 54.9 Å². The number of hydrogen-bond donors (Lipinski definition) is 1. The predicted octanol–water partition coefficient (Wildman–Crippen LogP) is 6.44. The highest BCUT2D eigenvalue weighted by Gasteiger charge is 2.87. The van der Waals surface area contributed by atoms with Gasteiger partial charge in [0.2, 0.25) is 0 Å². The van der Waals surface area contributed by atoms with Gasteiger partial charge in [0.1, 0.15) is 0 Å². The Balaban J connectivity index is 6.80. The second-order valence-electron chi connectivity index (χ2n) is 9.98. The van der Waals surface area contributed by atoms with E-state index in [0.717, 1.165) is 6.92 Å². The topological polar surface area (TPSA) is 46.5 Å². The highest BCUT2D eigenvalue weighted by Crippen LogP contribution is 2.56. The molecule has 0 rings (SSSR count). The average Bonchev–Trinajstić information content (AvgIpc) is 2.44. The summed E-state index contributed by atoms with van der Waals surface area (Å²) in [5.74, 6) is -9.19. The summed E-state index contributed by atoms with van der Waals surface area (Å²) < 4.78 is 149. The van der Waals surface area contributed by atoms with E-state index in [-0.39, 0.29) is 6.42 Å². The van der Waals surface area contributed by atoms with Gasteiger partial charge in [-0.3, -0.25) is 4.79 Å².